The van der Waals surface area contributed by atoms with Gasteiger partial charge in [-0.05, 0) is 23.9 Å². The number of fused-ring (bicyclic) bond motifs is 1. The quantitative estimate of drug-likeness (QED) is 0.566. The molecule has 1 aromatic carbocycles. The number of nitrogens with two attached hydrogens (primary N) is 1. The van der Waals surface area contributed by atoms with Crippen LogP contribution in [0.5, 0.6) is 0 Å². The second kappa shape index (κ2) is 4.93. The van der Waals surface area contributed by atoms with Gasteiger partial charge in [-0.15, -0.1) is 10.2 Å². The molecule has 0 fully saturated rings. The van der Waals surface area contributed by atoms with Crippen molar-refractivity contribution in [1.29, 1.82) is 5.41 Å². The molecule has 0 aliphatic carbocycles. The molecule has 3 N–H and O–H groups in total. The first-order valence-corrected chi connectivity index (χ1v) is 6.67. The zero-order chi connectivity index (χ0) is 14.1. The Kier molecular flexibility index (Phi) is 3.11. The van der Waals surface area contributed by atoms with Crippen LogP contribution >= 0.6 is 11.8 Å². The average molecular weight is 285 g/mol. The van der Waals surface area contributed by atoms with Gasteiger partial charge in [0.2, 0.25) is 5.89 Å². The molecule has 0 unspecified atom stereocenters. The van der Waals surface area contributed by atoms with Crippen molar-refractivity contribution in [1.82, 2.24) is 15.2 Å². The number of nitrogens with zero attached hydrogens (tertiary/aromatic N) is 3. The highest BCUT2D eigenvalue weighted by atomic mass is 32.2. The molecule has 6 nitrogen and oxygen atoms in total. The van der Waals surface area contributed by atoms with E-state index in [-0.39, 0.29) is 5.84 Å². The number of aryl methyl sites for hydroxylation is 1. The fourth-order valence-corrected chi connectivity index (χ4v) is 2.60. The molecule has 0 atom stereocenters. The van der Waals surface area contributed by atoms with Gasteiger partial charge in [-0.3, -0.25) is 5.41 Å². The van der Waals surface area contributed by atoms with Crippen molar-refractivity contribution < 1.29 is 4.42 Å². The van der Waals surface area contributed by atoms with Gasteiger partial charge in [0.25, 0.3) is 5.22 Å². The number of amidine groups is 1. The van der Waals surface area contributed by atoms with Crippen molar-refractivity contribution in [2.24, 2.45) is 5.73 Å². The monoisotopic (exact) mass is 285 g/mol. The molecule has 0 aliphatic rings. The highest BCUT2D eigenvalue weighted by Gasteiger charge is 2.14. The highest BCUT2D eigenvalue weighted by Crippen LogP contribution is 2.29. The van der Waals surface area contributed by atoms with Crippen LogP contribution in [-0.2, 0) is 0 Å². The van der Waals surface area contributed by atoms with Crippen LogP contribution in [-0.4, -0.2) is 21.0 Å². The molecular formula is C13H11N5OS. The number of pyridine rings is 1. The van der Waals surface area contributed by atoms with E-state index in [1.165, 1.54) is 11.8 Å². The van der Waals surface area contributed by atoms with Crippen molar-refractivity contribution in [2.45, 2.75) is 17.2 Å². The number of aromatic nitrogens is 3. The van der Waals surface area contributed by atoms with Crippen molar-refractivity contribution in [3.63, 3.8) is 0 Å². The van der Waals surface area contributed by atoms with E-state index >= 15 is 0 Å². The number of nitrogens with one attached hydrogen (secondary N) is 1. The summed E-state index contributed by atoms with van der Waals surface area (Å²) in [5, 5.41) is 17.3. The molecule has 2 heterocycles. The summed E-state index contributed by atoms with van der Waals surface area (Å²) in [5.41, 5.74) is 7.02. The fourth-order valence-electron chi connectivity index (χ4n) is 1.77. The summed E-state index contributed by atoms with van der Waals surface area (Å²) >= 11 is 1.21. The number of nitrogen functional groups attached to an aromatic ring is 1. The van der Waals surface area contributed by atoms with Gasteiger partial charge in [-0.2, -0.15) is 0 Å². The fraction of sp³-hybridized carbons (Fsp3) is 0.0769. The Labute approximate surface area is 118 Å². The minimum Gasteiger partial charge on any atom is -0.416 e. The third-order valence-corrected chi connectivity index (χ3v) is 3.51. The molecule has 0 amide bonds. The molecule has 7 heteroatoms. The van der Waals surface area contributed by atoms with E-state index in [0.717, 1.165) is 10.9 Å². The van der Waals surface area contributed by atoms with Crippen LogP contribution in [0.1, 0.15) is 11.5 Å². The van der Waals surface area contributed by atoms with Gasteiger partial charge < -0.3 is 10.2 Å². The van der Waals surface area contributed by atoms with Crippen molar-refractivity contribution in [3.8, 4) is 0 Å². The van der Waals surface area contributed by atoms with Gasteiger partial charge in [0.05, 0.1) is 5.52 Å². The maximum atomic E-state index is 7.68. The molecule has 3 aromatic rings. The molecule has 100 valence electrons. The Morgan fingerprint density at radius 2 is 2.10 bits per heavy atom. The van der Waals surface area contributed by atoms with E-state index in [9.17, 15) is 0 Å². The molecular weight excluding hydrogens is 274 g/mol. The summed E-state index contributed by atoms with van der Waals surface area (Å²) in [6.07, 6.45) is 0. The van der Waals surface area contributed by atoms with Crippen molar-refractivity contribution in [2.75, 3.05) is 0 Å². The Morgan fingerprint density at radius 1 is 1.30 bits per heavy atom. The maximum absolute atomic E-state index is 7.68. The number of para-hydroxylation sites is 1. The largest absolute Gasteiger partial charge is 0.416 e. The summed E-state index contributed by atoms with van der Waals surface area (Å²) in [6, 6.07) is 9.51. The van der Waals surface area contributed by atoms with Crippen LogP contribution in [0.3, 0.4) is 0 Å². The van der Waals surface area contributed by atoms with Gasteiger partial charge in [0.1, 0.15) is 10.9 Å². The molecule has 0 radical (unpaired) electrons. The van der Waals surface area contributed by atoms with E-state index in [0.29, 0.717) is 21.7 Å². The second-order valence-electron chi connectivity index (χ2n) is 4.14. The maximum Gasteiger partial charge on any atom is 0.282 e. The van der Waals surface area contributed by atoms with Crippen LogP contribution in [0.15, 0.2) is 45.0 Å². The predicted octanol–water partition coefficient (Wildman–Crippen LogP) is 2.36. The lowest BCUT2D eigenvalue weighted by molar-refractivity contribution is 0.429. The lowest BCUT2D eigenvalue weighted by Crippen LogP contribution is -2.13. The van der Waals surface area contributed by atoms with Crippen LogP contribution in [0.25, 0.3) is 10.9 Å². The van der Waals surface area contributed by atoms with Gasteiger partial charge in [-0.1, -0.05) is 18.2 Å². The zero-order valence-electron chi connectivity index (χ0n) is 10.6. The third kappa shape index (κ3) is 2.35. The van der Waals surface area contributed by atoms with Crippen LogP contribution in [0.2, 0.25) is 0 Å². The first-order chi connectivity index (χ1) is 9.63. The minimum atomic E-state index is -0.0398. The number of rotatable bonds is 3. The Bertz CT molecular complexity index is 798. The summed E-state index contributed by atoms with van der Waals surface area (Å²) in [7, 11) is 0. The lowest BCUT2D eigenvalue weighted by atomic mass is 10.1. The zero-order valence-corrected chi connectivity index (χ0v) is 11.4. The standard InChI is InChI=1S/C13H11N5OS/c1-7-17-18-13(19-7)20-12-9(11(14)15)6-8-4-2-3-5-10(8)16-12/h2-6H,1H3,(H3,14,15). The van der Waals surface area contributed by atoms with Gasteiger partial charge >= 0.3 is 0 Å². The Balaban J connectivity index is 2.11. The van der Waals surface area contributed by atoms with Crippen LogP contribution in [0, 0.1) is 12.3 Å². The molecule has 0 aliphatic heterocycles. The Morgan fingerprint density at radius 3 is 2.80 bits per heavy atom. The van der Waals surface area contributed by atoms with E-state index in [1.807, 2.05) is 30.3 Å². The number of hydrogen-bond donors (Lipinski definition) is 2. The van der Waals surface area contributed by atoms with Gasteiger partial charge in [-0.25, -0.2) is 4.98 Å². The average Bonchev–Trinajstić information content (AvgIpc) is 2.83. The highest BCUT2D eigenvalue weighted by molar-refractivity contribution is 7.99. The molecule has 2 aromatic heterocycles. The molecule has 20 heavy (non-hydrogen) atoms. The number of hydrogen-bond acceptors (Lipinski definition) is 6. The normalized spacial score (nSPS) is 10.8. The third-order valence-electron chi connectivity index (χ3n) is 2.67. The van der Waals surface area contributed by atoms with E-state index < -0.39 is 0 Å². The van der Waals surface area contributed by atoms with E-state index in [1.54, 1.807) is 6.92 Å². The minimum absolute atomic E-state index is 0.0398. The molecule has 0 saturated heterocycles. The molecule has 0 spiro atoms. The van der Waals surface area contributed by atoms with Crippen LogP contribution < -0.4 is 5.73 Å². The van der Waals surface area contributed by atoms with Crippen molar-refractivity contribution in [3.05, 3.63) is 41.8 Å². The summed E-state index contributed by atoms with van der Waals surface area (Å²) in [6.45, 7) is 1.72. The van der Waals surface area contributed by atoms with Gasteiger partial charge in [0, 0.05) is 17.9 Å². The first kappa shape index (κ1) is 12.6. The first-order valence-electron chi connectivity index (χ1n) is 5.85. The second-order valence-corrected chi connectivity index (χ2v) is 5.08. The number of benzene rings is 1. The molecule has 3 rings (SSSR count). The summed E-state index contributed by atoms with van der Waals surface area (Å²) < 4.78 is 5.32. The van der Waals surface area contributed by atoms with E-state index in [4.69, 9.17) is 15.6 Å². The van der Waals surface area contributed by atoms with E-state index in [2.05, 4.69) is 15.2 Å². The topological polar surface area (TPSA) is 102 Å². The smallest absolute Gasteiger partial charge is 0.282 e. The molecule has 0 bridgehead atoms. The lowest BCUT2D eigenvalue weighted by Gasteiger charge is -2.07. The molecule has 0 saturated carbocycles. The van der Waals surface area contributed by atoms with Crippen LogP contribution in [0.4, 0.5) is 0 Å². The van der Waals surface area contributed by atoms with Gasteiger partial charge in [0.15, 0.2) is 0 Å². The summed E-state index contributed by atoms with van der Waals surface area (Å²) in [4.78, 5) is 4.52. The van der Waals surface area contributed by atoms with Crippen molar-refractivity contribution >= 4 is 28.5 Å². The Hall–Kier alpha value is -2.41. The predicted molar refractivity (Wildman–Crippen MR) is 75.9 cm³/mol. The summed E-state index contributed by atoms with van der Waals surface area (Å²) in [5.74, 6) is 0.444. The SMILES string of the molecule is Cc1nnc(Sc2nc3ccccc3cc2C(=N)N)o1.